The molecule has 10 heteroatoms. The van der Waals surface area contributed by atoms with Gasteiger partial charge in [-0.05, 0) is 29.8 Å². The highest BCUT2D eigenvalue weighted by molar-refractivity contribution is 7.15. The van der Waals surface area contributed by atoms with Crippen molar-refractivity contribution in [1.29, 1.82) is 0 Å². The molecule has 5 atom stereocenters. The topological polar surface area (TPSA) is 116 Å². The van der Waals surface area contributed by atoms with Crippen LogP contribution in [0.2, 0.25) is 10.0 Å². The number of hydrogen-bond acceptors (Lipinski definition) is 8. The minimum atomic E-state index is -1.49. The lowest BCUT2D eigenvalue weighted by molar-refractivity contribution is -0.231. The van der Waals surface area contributed by atoms with Crippen molar-refractivity contribution in [2.45, 2.75) is 36.9 Å². The number of ether oxygens (including phenoxy) is 1. The zero-order valence-corrected chi connectivity index (χ0v) is 17.8. The summed E-state index contributed by atoms with van der Waals surface area (Å²) in [5.41, 5.74) is 1.10. The molecule has 0 unspecified atom stereocenters. The maximum atomic E-state index is 10.4. The summed E-state index contributed by atoms with van der Waals surface area (Å²) >= 11 is 14.2. The first-order valence-electron chi connectivity index (χ1n) is 9.16. The highest BCUT2D eigenvalue weighted by Crippen LogP contribution is 2.39. The Morgan fingerprint density at radius 3 is 2.57 bits per heavy atom. The average Bonchev–Trinajstić information content (AvgIpc) is 3.41. The van der Waals surface area contributed by atoms with Crippen molar-refractivity contribution in [3.8, 4) is 10.6 Å². The summed E-state index contributed by atoms with van der Waals surface area (Å²) < 4.78 is 11.0. The lowest BCUT2D eigenvalue weighted by atomic mass is 9.90. The highest BCUT2D eigenvalue weighted by atomic mass is 35.5. The normalized spacial score (nSPS) is 26.8. The summed E-state index contributed by atoms with van der Waals surface area (Å²) in [5, 5.41) is 41.4. The maximum absolute atomic E-state index is 10.4. The Kier molecular flexibility index (Phi) is 6.47. The van der Waals surface area contributed by atoms with Crippen LogP contribution in [0.1, 0.15) is 22.2 Å². The number of aromatic nitrogens is 1. The van der Waals surface area contributed by atoms with Gasteiger partial charge >= 0.3 is 0 Å². The third-order valence-corrected chi connectivity index (χ3v) is 6.71. The molecule has 3 aromatic rings. The molecular weight excluding hydrogens is 453 g/mol. The fourth-order valence-corrected chi connectivity index (χ4v) is 4.88. The predicted octanol–water partition coefficient (Wildman–Crippen LogP) is 2.82. The van der Waals surface area contributed by atoms with Gasteiger partial charge in [-0.3, -0.25) is 0 Å². The molecule has 0 amide bonds. The third-order valence-electron chi connectivity index (χ3n) is 5.02. The van der Waals surface area contributed by atoms with Crippen molar-refractivity contribution in [1.82, 2.24) is 4.98 Å². The molecule has 0 bridgehead atoms. The van der Waals surface area contributed by atoms with Crippen LogP contribution >= 0.6 is 34.5 Å². The Morgan fingerprint density at radius 1 is 1.07 bits per heavy atom. The number of aliphatic hydroxyl groups is 4. The van der Waals surface area contributed by atoms with Crippen LogP contribution in [0.4, 0.5) is 0 Å². The molecule has 7 nitrogen and oxygen atoms in total. The standard InChI is InChI=1S/C20H19Cl2NO6S/c21-11-6-12(22)10(20-19(27)18(26)17(25)14(8-24)29-20)4-9(11)5-16-23-7-15(30-16)13-2-1-3-28-13/h1-4,6-7,14,17-20,24-27H,5,8H2/t14-,17-,18+,19-,20+/m1/s1. The van der Waals surface area contributed by atoms with Crippen LogP contribution in [0.3, 0.4) is 0 Å². The van der Waals surface area contributed by atoms with Crippen molar-refractivity contribution < 1.29 is 29.6 Å². The first-order valence-corrected chi connectivity index (χ1v) is 10.7. The largest absolute Gasteiger partial charge is 0.463 e. The number of rotatable bonds is 5. The second-order valence-corrected chi connectivity index (χ2v) is 8.92. The second-order valence-electron chi connectivity index (χ2n) is 6.99. The molecule has 0 radical (unpaired) electrons. The molecule has 1 aliphatic heterocycles. The van der Waals surface area contributed by atoms with Crippen LogP contribution in [-0.4, -0.2) is 56.4 Å². The minimum absolute atomic E-state index is 0.239. The van der Waals surface area contributed by atoms with Crippen molar-refractivity contribution >= 4 is 34.5 Å². The first kappa shape index (κ1) is 21.7. The Bertz CT molecular complexity index is 1010. The molecule has 1 aliphatic rings. The molecule has 4 rings (SSSR count). The van der Waals surface area contributed by atoms with Crippen molar-refractivity contribution in [3.63, 3.8) is 0 Å². The van der Waals surface area contributed by atoms with Crippen molar-refractivity contribution in [2.24, 2.45) is 0 Å². The van der Waals surface area contributed by atoms with Crippen LogP contribution in [0.5, 0.6) is 0 Å². The second kappa shape index (κ2) is 8.94. The fourth-order valence-electron chi connectivity index (χ4n) is 3.41. The number of benzene rings is 1. The molecule has 3 heterocycles. The van der Waals surface area contributed by atoms with Gasteiger partial charge in [-0.25, -0.2) is 4.98 Å². The zero-order chi connectivity index (χ0) is 21.4. The molecule has 1 saturated heterocycles. The molecule has 0 spiro atoms. The van der Waals surface area contributed by atoms with E-state index < -0.39 is 37.1 Å². The van der Waals surface area contributed by atoms with E-state index in [4.69, 9.17) is 32.4 Å². The summed E-state index contributed by atoms with van der Waals surface area (Å²) in [7, 11) is 0. The molecule has 30 heavy (non-hydrogen) atoms. The van der Waals surface area contributed by atoms with E-state index in [0.29, 0.717) is 22.6 Å². The van der Waals surface area contributed by atoms with Gasteiger partial charge in [0.15, 0.2) is 0 Å². The number of thiazole rings is 1. The Morgan fingerprint density at radius 2 is 1.87 bits per heavy atom. The Balaban J connectivity index is 1.63. The minimum Gasteiger partial charge on any atom is -0.463 e. The van der Waals surface area contributed by atoms with Crippen molar-refractivity contribution in [3.05, 3.63) is 62.9 Å². The van der Waals surface area contributed by atoms with E-state index >= 15 is 0 Å². The van der Waals surface area contributed by atoms with E-state index in [2.05, 4.69) is 4.98 Å². The molecule has 0 saturated carbocycles. The molecule has 4 N–H and O–H groups in total. The SMILES string of the molecule is OC[C@H]1O[C@@H](c2cc(Cc3ncc(-c4ccco4)s3)c(Cl)cc2Cl)[C@H](O)[C@@H](O)[C@@H]1O. The Hall–Kier alpha value is -1.49. The lowest BCUT2D eigenvalue weighted by Gasteiger charge is -2.40. The van der Waals surface area contributed by atoms with Gasteiger partial charge in [-0.2, -0.15) is 0 Å². The van der Waals surface area contributed by atoms with Crippen LogP contribution in [-0.2, 0) is 11.2 Å². The average molecular weight is 472 g/mol. The van der Waals surface area contributed by atoms with Crippen LogP contribution < -0.4 is 0 Å². The predicted molar refractivity (Wildman–Crippen MR) is 112 cm³/mol. The van der Waals surface area contributed by atoms with Gasteiger partial charge in [-0.15, -0.1) is 11.3 Å². The van der Waals surface area contributed by atoms with E-state index in [1.54, 1.807) is 24.6 Å². The number of aliphatic hydroxyl groups excluding tert-OH is 4. The zero-order valence-electron chi connectivity index (χ0n) is 15.5. The highest BCUT2D eigenvalue weighted by Gasteiger charge is 2.44. The van der Waals surface area contributed by atoms with Gasteiger partial charge in [0, 0.05) is 28.2 Å². The van der Waals surface area contributed by atoms with Crippen LogP contribution in [0, 0.1) is 0 Å². The van der Waals surface area contributed by atoms with Gasteiger partial charge in [0.05, 0.1) is 22.8 Å². The molecule has 1 aromatic carbocycles. The number of furan rings is 1. The Labute approximate surface area is 186 Å². The van der Waals surface area contributed by atoms with E-state index in [-0.39, 0.29) is 5.02 Å². The number of nitrogens with zero attached hydrogens (tertiary/aromatic N) is 1. The maximum Gasteiger partial charge on any atom is 0.145 e. The van der Waals surface area contributed by atoms with Gasteiger partial charge in [0.1, 0.15) is 36.3 Å². The molecular formula is C20H19Cl2NO6S. The van der Waals surface area contributed by atoms with Crippen LogP contribution in [0.25, 0.3) is 10.6 Å². The van der Waals surface area contributed by atoms with E-state index in [1.807, 2.05) is 6.07 Å². The summed E-state index contributed by atoms with van der Waals surface area (Å²) in [4.78, 5) is 5.30. The third kappa shape index (κ3) is 4.15. The van der Waals surface area contributed by atoms with Gasteiger partial charge in [0.25, 0.3) is 0 Å². The molecule has 2 aromatic heterocycles. The van der Waals surface area contributed by atoms with Gasteiger partial charge in [-0.1, -0.05) is 23.2 Å². The summed E-state index contributed by atoms with van der Waals surface area (Å²) in [6.07, 6.45) is -2.71. The summed E-state index contributed by atoms with van der Waals surface area (Å²) in [6, 6.07) is 6.88. The van der Waals surface area contributed by atoms with E-state index in [0.717, 1.165) is 15.6 Å². The van der Waals surface area contributed by atoms with Gasteiger partial charge in [0.2, 0.25) is 0 Å². The van der Waals surface area contributed by atoms with E-state index in [1.165, 1.54) is 17.4 Å². The van der Waals surface area contributed by atoms with Crippen molar-refractivity contribution in [2.75, 3.05) is 6.61 Å². The lowest BCUT2D eigenvalue weighted by Crippen LogP contribution is -2.55. The number of hydrogen-bond donors (Lipinski definition) is 4. The first-order chi connectivity index (χ1) is 14.4. The monoisotopic (exact) mass is 471 g/mol. The summed E-state index contributed by atoms with van der Waals surface area (Å²) in [5.74, 6) is 0.725. The number of halogens is 2. The molecule has 1 fully saturated rings. The smallest absolute Gasteiger partial charge is 0.145 e. The van der Waals surface area contributed by atoms with E-state index in [9.17, 15) is 20.4 Å². The molecule has 160 valence electrons. The summed E-state index contributed by atoms with van der Waals surface area (Å²) in [6.45, 7) is -0.520. The van der Waals surface area contributed by atoms with Gasteiger partial charge < -0.3 is 29.6 Å². The van der Waals surface area contributed by atoms with Crippen LogP contribution in [0.15, 0.2) is 41.1 Å². The fraction of sp³-hybridized carbons (Fsp3) is 0.350. The molecule has 0 aliphatic carbocycles. The quantitative estimate of drug-likeness (QED) is 0.451.